The van der Waals surface area contributed by atoms with E-state index in [1.165, 1.54) is 6.07 Å². The number of rotatable bonds is 3. The number of amides is 3. The summed E-state index contributed by atoms with van der Waals surface area (Å²) in [5.41, 5.74) is 0.799. The number of carboxylic acids is 1. The van der Waals surface area contributed by atoms with E-state index >= 15 is 0 Å². The van der Waals surface area contributed by atoms with Gasteiger partial charge in [-0.3, -0.25) is 4.79 Å². The fraction of sp³-hybridized carbons (Fsp3) is 0.357. The number of carbonyl (C=O) groups excluding carboxylic acids is 2. The van der Waals surface area contributed by atoms with Crippen LogP contribution in [0.2, 0.25) is 0 Å². The monoisotopic (exact) mass is 291 g/mol. The highest BCUT2D eigenvalue weighted by molar-refractivity contribution is 6.02. The van der Waals surface area contributed by atoms with E-state index < -0.39 is 18.0 Å². The Hall–Kier alpha value is -2.57. The Bertz CT molecular complexity index is 586. The minimum Gasteiger partial charge on any atom is -0.478 e. The highest BCUT2D eigenvalue weighted by atomic mass is 16.4. The summed E-state index contributed by atoms with van der Waals surface area (Å²) in [4.78, 5) is 34.7. The van der Waals surface area contributed by atoms with Crippen molar-refractivity contribution in [3.8, 4) is 0 Å². The Morgan fingerprint density at radius 3 is 2.81 bits per heavy atom. The third-order valence-corrected chi connectivity index (χ3v) is 3.33. The van der Waals surface area contributed by atoms with Gasteiger partial charge >= 0.3 is 12.0 Å². The number of benzene rings is 1. The molecule has 4 N–H and O–H groups in total. The van der Waals surface area contributed by atoms with E-state index in [-0.39, 0.29) is 17.2 Å². The molecule has 1 saturated heterocycles. The topological polar surface area (TPSA) is 108 Å². The first kappa shape index (κ1) is 14.8. The summed E-state index contributed by atoms with van der Waals surface area (Å²) in [5, 5.41) is 16.9. The van der Waals surface area contributed by atoms with E-state index in [0.29, 0.717) is 18.5 Å². The maximum Gasteiger partial charge on any atom is 0.338 e. The van der Waals surface area contributed by atoms with Crippen molar-refractivity contribution >= 4 is 23.6 Å². The van der Waals surface area contributed by atoms with E-state index in [9.17, 15) is 19.5 Å². The molecule has 0 spiro atoms. The largest absolute Gasteiger partial charge is 0.478 e. The van der Waals surface area contributed by atoms with Crippen LogP contribution in [-0.4, -0.2) is 35.6 Å². The molecule has 1 heterocycles. The van der Waals surface area contributed by atoms with Crippen LogP contribution in [0, 0.1) is 6.92 Å². The van der Waals surface area contributed by atoms with E-state index in [2.05, 4.69) is 16.0 Å². The molecule has 7 heteroatoms. The van der Waals surface area contributed by atoms with Crippen molar-refractivity contribution in [2.24, 2.45) is 0 Å². The van der Waals surface area contributed by atoms with Gasteiger partial charge in [-0.05, 0) is 31.4 Å². The Kier molecular flexibility index (Phi) is 4.42. The predicted octanol–water partition coefficient (Wildman–Crippen LogP) is 1.09. The smallest absolute Gasteiger partial charge is 0.338 e. The van der Waals surface area contributed by atoms with Crippen molar-refractivity contribution in [3.05, 3.63) is 29.3 Å². The van der Waals surface area contributed by atoms with Crippen LogP contribution in [0.15, 0.2) is 18.2 Å². The van der Waals surface area contributed by atoms with Crippen LogP contribution < -0.4 is 16.0 Å². The van der Waals surface area contributed by atoms with Crippen LogP contribution >= 0.6 is 0 Å². The molecule has 3 amide bonds. The lowest BCUT2D eigenvalue weighted by Crippen LogP contribution is -2.51. The molecule has 0 bridgehead atoms. The zero-order chi connectivity index (χ0) is 15.4. The molecule has 21 heavy (non-hydrogen) atoms. The molecule has 2 rings (SSSR count). The SMILES string of the molecule is Cc1cccc(NC(=O)NC2CCCNC2=O)c1C(=O)O. The maximum atomic E-state index is 11.9. The Labute approximate surface area is 121 Å². The van der Waals surface area contributed by atoms with Crippen LogP contribution in [0.3, 0.4) is 0 Å². The second kappa shape index (κ2) is 6.25. The molecular weight excluding hydrogens is 274 g/mol. The number of carboxylic acid groups (broad SMARTS) is 1. The summed E-state index contributed by atoms with van der Waals surface area (Å²) in [6.45, 7) is 2.26. The number of piperidine rings is 1. The third kappa shape index (κ3) is 3.50. The second-order valence-electron chi connectivity index (χ2n) is 4.89. The first-order valence-electron chi connectivity index (χ1n) is 6.67. The molecule has 0 saturated carbocycles. The van der Waals surface area contributed by atoms with E-state index in [4.69, 9.17) is 0 Å². The van der Waals surface area contributed by atoms with Crippen LogP contribution in [0.1, 0.15) is 28.8 Å². The van der Waals surface area contributed by atoms with Gasteiger partial charge in [0, 0.05) is 6.54 Å². The quantitative estimate of drug-likeness (QED) is 0.668. The first-order chi connectivity index (χ1) is 9.99. The molecule has 1 unspecified atom stereocenters. The number of nitrogens with one attached hydrogen (secondary N) is 3. The zero-order valence-electron chi connectivity index (χ0n) is 11.6. The molecule has 1 atom stereocenters. The zero-order valence-corrected chi connectivity index (χ0v) is 11.6. The standard InChI is InChI=1S/C14H17N3O4/c1-8-4-2-5-9(11(8)13(19)20)16-14(21)17-10-6-3-7-15-12(10)18/h2,4-5,10H,3,6-7H2,1H3,(H,15,18)(H,19,20)(H2,16,17,21). The van der Waals surface area contributed by atoms with Gasteiger partial charge in [-0.1, -0.05) is 12.1 Å². The van der Waals surface area contributed by atoms with Gasteiger partial charge in [0.1, 0.15) is 6.04 Å². The van der Waals surface area contributed by atoms with Crippen molar-refractivity contribution < 1.29 is 19.5 Å². The summed E-state index contributed by atoms with van der Waals surface area (Å²) in [6, 6.07) is 3.64. The normalized spacial score (nSPS) is 17.8. The van der Waals surface area contributed by atoms with Gasteiger partial charge in [0.15, 0.2) is 0 Å². The number of hydrogen-bond donors (Lipinski definition) is 4. The van der Waals surface area contributed by atoms with Gasteiger partial charge in [0.05, 0.1) is 11.3 Å². The number of anilines is 1. The predicted molar refractivity (Wildman–Crippen MR) is 76.3 cm³/mol. The van der Waals surface area contributed by atoms with Crippen LogP contribution in [0.4, 0.5) is 10.5 Å². The number of urea groups is 1. The highest BCUT2D eigenvalue weighted by Gasteiger charge is 2.24. The lowest BCUT2D eigenvalue weighted by molar-refractivity contribution is -0.124. The number of carbonyl (C=O) groups is 3. The lowest BCUT2D eigenvalue weighted by atomic mass is 10.1. The van der Waals surface area contributed by atoms with Gasteiger partial charge in [-0.25, -0.2) is 9.59 Å². The van der Waals surface area contributed by atoms with Gasteiger partial charge in [0.25, 0.3) is 0 Å². The molecular formula is C14H17N3O4. The minimum absolute atomic E-state index is 0.0424. The average Bonchev–Trinajstić information content (AvgIpc) is 2.41. The second-order valence-corrected chi connectivity index (χ2v) is 4.89. The Morgan fingerprint density at radius 2 is 2.14 bits per heavy atom. The molecule has 112 valence electrons. The molecule has 0 aliphatic carbocycles. The van der Waals surface area contributed by atoms with E-state index in [0.717, 1.165) is 6.42 Å². The summed E-state index contributed by atoms with van der Waals surface area (Å²) < 4.78 is 0. The summed E-state index contributed by atoms with van der Waals surface area (Å²) in [5.74, 6) is -1.34. The summed E-state index contributed by atoms with van der Waals surface area (Å²) in [7, 11) is 0. The molecule has 7 nitrogen and oxygen atoms in total. The fourth-order valence-electron chi connectivity index (χ4n) is 2.28. The van der Waals surface area contributed by atoms with E-state index in [1.54, 1.807) is 19.1 Å². The lowest BCUT2D eigenvalue weighted by Gasteiger charge is -2.23. The van der Waals surface area contributed by atoms with Crippen molar-refractivity contribution in [2.75, 3.05) is 11.9 Å². The maximum absolute atomic E-state index is 11.9. The third-order valence-electron chi connectivity index (χ3n) is 3.33. The average molecular weight is 291 g/mol. The summed E-state index contributed by atoms with van der Waals surface area (Å²) in [6.07, 6.45) is 1.36. The fourth-order valence-corrected chi connectivity index (χ4v) is 2.28. The molecule has 1 aliphatic heterocycles. The molecule has 1 aromatic rings. The van der Waals surface area contributed by atoms with Crippen molar-refractivity contribution in [2.45, 2.75) is 25.8 Å². The molecule has 1 fully saturated rings. The van der Waals surface area contributed by atoms with E-state index in [1.807, 2.05) is 0 Å². The Morgan fingerprint density at radius 1 is 1.38 bits per heavy atom. The van der Waals surface area contributed by atoms with Gasteiger partial charge in [0.2, 0.25) is 5.91 Å². The molecule has 1 aromatic carbocycles. The van der Waals surface area contributed by atoms with Gasteiger partial charge < -0.3 is 21.1 Å². The number of aromatic carboxylic acids is 1. The highest BCUT2D eigenvalue weighted by Crippen LogP contribution is 2.19. The molecule has 0 aromatic heterocycles. The van der Waals surface area contributed by atoms with Crippen LogP contribution in [-0.2, 0) is 4.79 Å². The molecule has 0 radical (unpaired) electrons. The minimum atomic E-state index is -1.11. The van der Waals surface area contributed by atoms with Crippen LogP contribution in [0.5, 0.6) is 0 Å². The Balaban J connectivity index is 2.08. The summed E-state index contributed by atoms with van der Waals surface area (Å²) >= 11 is 0. The van der Waals surface area contributed by atoms with Crippen molar-refractivity contribution in [1.29, 1.82) is 0 Å². The molecule has 1 aliphatic rings. The number of aryl methyl sites for hydroxylation is 1. The van der Waals surface area contributed by atoms with Crippen molar-refractivity contribution in [3.63, 3.8) is 0 Å². The first-order valence-corrected chi connectivity index (χ1v) is 6.67. The van der Waals surface area contributed by atoms with Gasteiger partial charge in [-0.15, -0.1) is 0 Å². The number of hydrogen-bond acceptors (Lipinski definition) is 3. The van der Waals surface area contributed by atoms with Crippen molar-refractivity contribution in [1.82, 2.24) is 10.6 Å². The van der Waals surface area contributed by atoms with Crippen LogP contribution in [0.25, 0.3) is 0 Å². The van der Waals surface area contributed by atoms with Gasteiger partial charge in [-0.2, -0.15) is 0 Å².